The van der Waals surface area contributed by atoms with Crippen LogP contribution in [0.5, 0.6) is 0 Å². The van der Waals surface area contributed by atoms with Gasteiger partial charge in [0.15, 0.2) is 15.7 Å². The van der Waals surface area contributed by atoms with Crippen LogP contribution in [-0.4, -0.2) is 62.1 Å². The Morgan fingerprint density at radius 3 is 2.55 bits per heavy atom. The average Bonchev–Trinajstić information content (AvgIpc) is 2.71. The summed E-state index contributed by atoms with van der Waals surface area (Å²) in [6.07, 6.45) is 1.53. The second-order valence-corrected chi connectivity index (χ2v) is 11.3. The first kappa shape index (κ1) is 24.9. The van der Waals surface area contributed by atoms with Gasteiger partial charge in [0.1, 0.15) is 11.4 Å². The number of carbonyl (C=O) groups excluding carboxylic acids is 1. The predicted molar refractivity (Wildman–Crippen MR) is 128 cm³/mol. The fourth-order valence-electron chi connectivity index (χ4n) is 3.52. The van der Waals surface area contributed by atoms with Crippen LogP contribution in [0.3, 0.4) is 0 Å². The van der Waals surface area contributed by atoms with Gasteiger partial charge in [-0.1, -0.05) is 6.92 Å². The molecule has 0 spiro atoms. The molecule has 9 nitrogen and oxygen atoms in total. The highest BCUT2D eigenvalue weighted by Crippen LogP contribution is 2.26. The normalized spacial score (nSPS) is 17.0. The van der Waals surface area contributed by atoms with Crippen molar-refractivity contribution in [3.63, 3.8) is 0 Å². The number of aromatic nitrogens is 2. The molecule has 1 aromatic carbocycles. The summed E-state index contributed by atoms with van der Waals surface area (Å²) in [5.41, 5.74) is 1.13. The number of nitrogens with zero attached hydrogens (tertiary/aromatic N) is 3. The minimum atomic E-state index is -3.27. The summed E-state index contributed by atoms with van der Waals surface area (Å²) in [5, 5.41) is 2.69. The zero-order valence-corrected chi connectivity index (χ0v) is 20.6. The lowest BCUT2D eigenvalue weighted by molar-refractivity contribution is 0.0636. The van der Waals surface area contributed by atoms with E-state index in [2.05, 4.69) is 22.1 Å². The highest BCUT2D eigenvalue weighted by atomic mass is 32.2. The number of hydrogen-bond acceptors (Lipinski definition) is 8. The molecule has 1 aliphatic rings. The van der Waals surface area contributed by atoms with E-state index < -0.39 is 21.5 Å². The molecular weight excluding hydrogens is 444 g/mol. The molecule has 1 saturated heterocycles. The number of carbonyl (C=O) groups is 1. The number of amides is 1. The summed E-state index contributed by atoms with van der Waals surface area (Å²) >= 11 is 0. The molecule has 0 aliphatic carbocycles. The number of morpholine rings is 1. The van der Waals surface area contributed by atoms with Gasteiger partial charge in [-0.25, -0.2) is 23.2 Å². The first-order valence-electron chi connectivity index (χ1n) is 10.9. The predicted octanol–water partition coefficient (Wildman–Crippen LogP) is 3.65. The third kappa shape index (κ3) is 7.40. The average molecular weight is 477 g/mol. The smallest absolute Gasteiger partial charge is 0.412 e. The molecule has 2 heterocycles. The Morgan fingerprint density at radius 1 is 1.24 bits per heavy atom. The molecule has 1 fully saturated rings. The fourth-order valence-corrected chi connectivity index (χ4v) is 4.21. The van der Waals surface area contributed by atoms with Crippen molar-refractivity contribution in [1.82, 2.24) is 9.97 Å². The maximum Gasteiger partial charge on any atom is 0.412 e. The summed E-state index contributed by atoms with van der Waals surface area (Å²) in [7, 11) is -3.27. The molecule has 0 bridgehead atoms. The van der Waals surface area contributed by atoms with E-state index in [9.17, 15) is 13.2 Å². The lowest BCUT2D eigenvalue weighted by atomic mass is 10.1. The van der Waals surface area contributed by atoms with Crippen molar-refractivity contribution >= 4 is 27.4 Å². The van der Waals surface area contributed by atoms with E-state index in [-0.39, 0.29) is 11.8 Å². The van der Waals surface area contributed by atoms with Gasteiger partial charge in [-0.2, -0.15) is 0 Å². The Hall–Kier alpha value is -2.72. The van der Waals surface area contributed by atoms with Gasteiger partial charge in [-0.05, 0) is 51.5 Å². The zero-order valence-electron chi connectivity index (χ0n) is 19.8. The zero-order chi connectivity index (χ0) is 24.2. The SMILES string of the molecule is CC[C@H]1COCCN1c1cc(CS(C)(=O)=O)nc(-c2ccc(NC(=O)OC(C)(C)C)cc2)n1. The molecule has 0 unspecified atom stereocenters. The van der Waals surface area contributed by atoms with Gasteiger partial charge in [-0.3, -0.25) is 5.32 Å². The Kier molecular flexibility index (Phi) is 7.58. The van der Waals surface area contributed by atoms with Gasteiger partial charge in [0.05, 0.1) is 30.7 Å². The van der Waals surface area contributed by atoms with E-state index in [1.165, 1.54) is 6.26 Å². The number of rotatable bonds is 6. The number of anilines is 2. The van der Waals surface area contributed by atoms with Crippen LogP contribution in [0.15, 0.2) is 30.3 Å². The van der Waals surface area contributed by atoms with E-state index >= 15 is 0 Å². The minimum Gasteiger partial charge on any atom is -0.444 e. The maximum absolute atomic E-state index is 12.0. The number of sulfone groups is 1. The second-order valence-electron chi connectivity index (χ2n) is 9.15. The van der Waals surface area contributed by atoms with Crippen molar-refractivity contribution in [1.29, 1.82) is 0 Å². The van der Waals surface area contributed by atoms with Gasteiger partial charge in [0, 0.05) is 30.1 Å². The van der Waals surface area contributed by atoms with Crippen molar-refractivity contribution in [3.05, 3.63) is 36.0 Å². The fraction of sp³-hybridized carbons (Fsp3) is 0.522. The van der Waals surface area contributed by atoms with Gasteiger partial charge in [0.25, 0.3) is 0 Å². The molecule has 0 saturated carbocycles. The molecule has 1 amide bonds. The van der Waals surface area contributed by atoms with Crippen LogP contribution in [0.1, 0.15) is 39.8 Å². The third-order valence-electron chi connectivity index (χ3n) is 4.96. The third-order valence-corrected chi connectivity index (χ3v) is 5.78. The summed E-state index contributed by atoms with van der Waals surface area (Å²) in [6.45, 7) is 9.34. The Labute approximate surface area is 195 Å². The lowest BCUT2D eigenvalue weighted by Crippen LogP contribution is -2.45. The standard InChI is InChI=1S/C23H32N4O5S/c1-6-19-14-31-12-11-27(19)20-13-18(15-33(5,29)30)24-21(26-20)16-7-9-17(10-8-16)25-22(28)32-23(2,3)4/h7-10,13,19H,6,11-12,14-15H2,1-5H3,(H,25,28)/t19-/m0/s1. The molecule has 180 valence electrons. The van der Waals surface area contributed by atoms with E-state index in [1.54, 1.807) is 51.1 Å². The summed E-state index contributed by atoms with van der Waals surface area (Å²) in [4.78, 5) is 23.4. The summed E-state index contributed by atoms with van der Waals surface area (Å²) in [5.74, 6) is 0.940. The number of hydrogen-bond donors (Lipinski definition) is 1. The lowest BCUT2D eigenvalue weighted by Gasteiger charge is -2.36. The molecule has 1 aromatic heterocycles. The largest absolute Gasteiger partial charge is 0.444 e. The Balaban J connectivity index is 1.91. The molecule has 2 aromatic rings. The topological polar surface area (TPSA) is 111 Å². The van der Waals surface area contributed by atoms with Crippen LogP contribution < -0.4 is 10.2 Å². The highest BCUT2D eigenvalue weighted by molar-refractivity contribution is 7.89. The Morgan fingerprint density at radius 2 is 1.94 bits per heavy atom. The molecule has 33 heavy (non-hydrogen) atoms. The highest BCUT2D eigenvalue weighted by Gasteiger charge is 2.24. The van der Waals surface area contributed by atoms with E-state index in [0.29, 0.717) is 48.3 Å². The molecular formula is C23H32N4O5S. The number of nitrogens with one attached hydrogen (secondary N) is 1. The minimum absolute atomic E-state index is 0.160. The van der Waals surface area contributed by atoms with E-state index in [1.807, 2.05) is 0 Å². The van der Waals surface area contributed by atoms with Crippen LogP contribution in [-0.2, 0) is 25.1 Å². The second kappa shape index (κ2) is 10.0. The van der Waals surface area contributed by atoms with Crippen LogP contribution in [0.25, 0.3) is 11.4 Å². The van der Waals surface area contributed by atoms with Crippen LogP contribution in [0.2, 0.25) is 0 Å². The van der Waals surface area contributed by atoms with Gasteiger partial charge >= 0.3 is 6.09 Å². The number of ether oxygens (including phenoxy) is 2. The van der Waals surface area contributed by atoms with E-state index in [4.69, 9.17) is 14.5 Å². The quantitative estimate of drug-likeness (QED) is 0.673. The van der Waals surface area contributed by atoms with Crippen molar-refractivity contribution in [2.45, 2.75) is 51.5 Å². The maximum atomic E-state index is 12.0. The monoisotopic (exact) mass is 476 g/mol. The number of benzene rings is 1. The van der Waals surface area contributed by atoms with E-state index in [0.717, 1.165) is 6.42 Å². The van der Waals surface area contributed by atoms with Crippen LogP contribution in [0.4, 0.5) is 16.3 Å². The van der Waals surface area contributed by atoms with Crippen molar-refractivity contribution < 1.29 is 22.7 Å². The first-order valence-corrected chi connectivity index (χ1v) is 13.0. The van der Waals surface area contributed by atoms with Crippen molar-refractivity contribution in [2.75, 3.05) is 36.2 Å². The van der Waals surface area contributed by atoms with Crippen molar-refractivity contribution in [2.24, 2.45) is 0 Å². The summed E-state index contributed by atoms with van der Waals surface area (Å²) in [6, 6.07) is 8.94. The molecule has 3 rings (SSSR count). The van der Waals surface area contributed by atoms with Gasteiger partial charge < -0.3 is 14.4 Å². The van der Waals surface area contributed by atoms with Gasteiger partial charge in [0.2, 0.25) is 0 Å². The first-order chi connectivity index (χ1) is 15.4. The van der Waals surface area contributed by atoms with Crippen LogP contribution >= 0.6 is 0 Å². The van der Waals surface area contributed by atoms with Crippen LogP contribution in [0, 0.1) is 0 Å². The molecule has 1 atom stereocenters. The molecule has 1 aliphatic heterocycles. The molecule has 1 N–H and O–H groups in total. The Bertz CT molecular complexity index is 1080. The summed E-state index contributed by atoms with van der Waals surface area (Å²) < 4.78 is 34.8. The molecule has 10 heteroatoms. The molecule has 0 radical (unpaired) electrons. The van der Waals surface area contributed by atoms with Gasteiger partial charge in [-0.15, -0.1) is 0 Å². The van der Waals surface area contributed by atoms with Crippen molar-refractivity contribution in [3.8, 4) is 11.4 Å².